The lowest BCUT2D eigenvalue weighted by molar-refractivity contribution is 0.138. The zero-order valence-electron chi connectivity index (χ0n) is 13.6. The summed E-state index contributed by atoms with van der Waals surface area (Å²) in [4.78, 5) is 6.71. The van der Waals surface area contributed by atoms with Crippen molar-refractivity contribution in [1.29, 1.82) is 0 Å². The molecule has 1 saturated carbocycles. The van der Waals surface area contributed by atoms with Gasteiger partial charge in [0.15, 0.2) is 0 Å². The maximum atomic E-state index is 10.2. The lowest BCUT2D eigenvalue weighted by atomic mass is 9.63. The minimum atomic E-state index is 0.183. The predicted molar refractivity (Wildman–Crippen MR) is 90.5 cm³/mol. The number of benzene rings is 1. The number of hydrogen-bond donors (Lipinski definition) is 2. The molecule has 4 heteroatoms. The van der Waals surface area contributed by atoms with Gasteiger partial charge in [-0.3, -0.25) is 0 Å². The minimum absolute atomic E-state index is 0.183. The molecule has 0 atom stereocenters. The van der Waals surface area contributed by atoms with Crippen LogP contribution >= 0.6 is 0 Å². The van der Waals surface area contributed by atoms with E-state index in [2.05, 4.69) is 16.8 Å². The van der Waals surface area contributed by atoms with E-state index in [1.54, 1.807) is 6.07 Å². The number of fused-ring (bicyclic) bond motifs is 1. The Kier molecular flexibility index (Phi) is 3.05. The Morgan fingerprint density at radius 1 is 1.13 bits per heavy atom. The van der Waals surface area contributed by atoms with Crippen molar-refractivity contribution in [3.8, 4) is 11.5 Å². The Morgan fingerprint density at radius 3 is 2.52 bits per heavy atom. The average molecular weight is 310 g/mol. The molecule has 2 heterocycles. The first kappa shape index (κ1) is 14.4. The van der Waals surface area contributed by atoms with Gasteiger partial charge < -0.3 is 15.1 Å². The van der Waals surface area contributed by atoms with E-state index >= 15 is 0 Å². The Morgan fingerprint density at radius 2 is 1.91 bits per heavy atom. The number of aromatic hydroxyl groups is 2. The normalized spacial score (nSPS) is 18.6. The standard InChI is InChI=1S/C19H22N2O2/c1-12-13(2)18-14(8-16(12)23)9-19(6-3-7-19)11-21(18)17-5-4-15(22)10-20-17/h4-5,8,10,22-23H,3,6-7,9,11H2,1-2H3. The van der Waals surface area contributed by atoms with Crippen LogP contribution in [-0.4, -0.2) is 21.7 Å². The molecule has 1 aliphatic carbocycles. The van der Waals surface area contributed by atoms with Gasteiger partial charge in [0.25, 0.3) is 0 Å². The molecule has 0 unspecified atom stereocenters. The highest BCUT2D eigenvalue weighted by atomic mass is 16.3. The van der Waals surface area contributed by atoms with E-state index in [0.717, 1.165) is 29.9 Å². The zero-order chi connectivity index (χ0) is 16.2. The van der Waals surface area contributed by atoms with Gasteiger partial charge in [-0.25, -0.2) is 4.98 Å². The summed E-state index contributed by atoms with van der Waals surface area (Å²) in [7, 11) is 0. The number of pyridine rings is 1. The molecule has 23 heavy (non-hydrogen) atoms. The van der Waals surface area contributed by atoms with Crippen LogP contribution in [0, 0.1) is 19.3 Å². The molecule has 0 bridgehead atoms. The van der Waals surface area contributed by atoms with Crippen LogP contribution in [0.4, 0.5) is 11.5 Å². The SMILES string of the molecule is Cc1c(O)cc2c(c1C)N(c1ccc(O)cn1)CC1(CCC1)C2. The van der Waals surface area contributed by atoms with Gasteiger partial charge in [-0.15, -0.1) is 0 Å². The van der Waals surface area contributed by atoms with Crippen LogP contribution in [0.2, 0.25) is 0 Å². The minimum Gasteiger partial charge on any atom is -0.508 e. The van der Waals surface area contributed by atoms with Gasteiger partial charge >= 0.3 is 0 Å². The fraction of sp³-hybridized carbons (Fsp3) is 0.421. The highest BCUT2D eigenvalue weighted by molar-refractivity contribution is 5.73. The van der Waals surface area contributed by atoms with Crippen LogP contribution in [0.25, 0.3) is 0 Å². The van der Waals surface area contributed by atoms with E-state index in [9.17, 15) is 10.2 Å². The topological polar surface area (TPSA) is 56.6 Å². The van der Waals surface area contributed by atoms with Gasteiger partial charge in [0.05, 0.1) is 6.20 Å². The monoisotopic (exact) mass is 310 g/mol. The van der Waals surface area contributed by atoms with E-state index in [4.69, 9.17) is 0 Å². The Balaban J connectivity index is 1.88. The highest BCUT2D eigenvalue weighted by Gasteiger charge is 2.44. The summed E-state index contributed by atoms with van der Waals surface area (Å²) in [6, 6.07) is 5.50. The summed E-state index contributed by atoms with van der Waals surface area (Å²) in [5.41, 5.74) is 4.74. The van der Waals surface area contributed by atoms with Crippen molar-refractivity contribution in [3.63, 3.8) is 0 Å². The number of aromatic nitrogens is 1. The van der Waals surface area contributed by atoms with Crippen molar-refractivity contribution in [2.45, 2.75) is 39.5 Å². The molecular weight excluding hydrogens is 288 g/mol. The Labute approximate surface area is 136 Å². The molecule has 1 fully saturated rings. The second-order valence-electron chi connectivity index (χ2n) is 7.14. The van der Waals surface area contributed by atoms with E-state index in [1.165, 1.54) is 36.7 Å². The van der Waals surface area contributed by atoms with Crippen molar-refractivity contribution in [1.82, 2.24) is 4.98 Å². The van der Waals surface area contributed by atoms with Crippen LogP contribution in [0.1, 0.15) is 36.0 Å². The molecule has 120 valence electrons. The van der Waals surface area contributed by atoms with Crippen molar-refractivity contribution < 1.29 is 10.2 Å². The number of anilines is 2. The molecule has 2 aromatic rings. The molecule has 1 aromatic heterocycles. The van der Waals surface area contributed by atoms with E-state index in [1.807, 2.05) is 19.1 Å². The average Bonchev–Trinajstić information content (AvgIpc) is 2.51. The summed E-state index contributed by atoms with van der Waals surface area (Å²) in [5, 5.41) is 19.8. The third kappa shape index (κ3) is 2.16. The fourth-order valence-electron chi connectivity index (χ4n) is 4.08. The molecule has 4 nitrogen and oxygen atoms in total. The molecule has 1 aliphatic heterocycles. The molecule has 0 amide bonds. The third-order valence-corrected chi connectivity index (χ3v) is 5.67. The van der Waals surface area contributed by atoms with Crippen molar-refractivity contribution in [2.24, 2.45) is 5.41 Å². The van der Waals surface area contributed by atoms with Crippen LogP contribution in [0.3, 0.4) is 0 Å². The van der Waals surface area contributed by atoms with E-state index in [0.29, 0.717) is 11.2 Å². The second-order valence-corrected chi connectivity index (χ2v) is 7.14. The molecule has 2 aliphatic rings. The smallest absolute Gasteiger partial charge is 0.134 e. The number of phenols is 1. The van der Waals surface area contributed by atoms with Gasteiger partial charge in [0.2, 0.25) is 0 Å². The van der Waals surface area contributed by atoms with Gasteiger partial charge in [-0.1, -0.05) is 6.42 Å². The van der Waals surface area contributed by atoms with Crippen molar-refractivity contribution in [3.05, 3.63) is 41.1 Å². The first-order chi connectivity index (χ1) is 11.0. The molecular formula is C19H22N2O2. The maximum Gasteiger partial charge on any atom is 0.134 e. The van der Waals surface area contributed by atoms with E-state index in [-0.39, 0.29) is 5.75 Å². The van der Waals surface area contributed by atoms with Gasteiger partial charge in [-0.2, -0.15) is 0 Å². The van der Waals surface area contributed by atoms with Crippen LogP contribution in [-0.2, 0) is 6.42 Å². The predicted octanol–water partition coefficient (Wildman–Crippen LogP) is 3.97. The third-order valence-electron chi connectivity index (χ3n) is 5.67. The Hall–Kier alpha value is -2.23. The lowest BCUT2D eigenvalue weighted by Crippen LogP contribution is -2.46. The second kappa shape index (κ2) is 4.88. The zero-order valence-corrected chi connectivity index (χ0v) is 13.6. The summed E-state index contributed by atoms with van der Waals surface area (Å²) >= 11 is 0. The molecule has 4 rings (SSSR count). The summed E-state index contributed by atoms with van der Waals surface area (Å²) < 4.78 is 0. The number of nitrogens with zero attached hydrogens (tertiary/aromatic N) is 2. The summed E-state index contributed by atoms with van der Waals surface area (Å²) in [6.07, 6.45) is 6.28. The van der Waals surface area contributed by atoms with Crippen LogP contribution < -0.4 is 4.90 Å². The first-order valence-electron chi connectivity index (χ1n) is 8.24. The number of hydrogen-bond acceptors (Lipinski definition) is 4. The molecule has 0 saturated heterocycles. The Bertz CT molecular complexity index is 764. The number of rotatable bonds is 1. The summed E-state index contributed by atoms with van der Waals surface area (Å²) in [5.74, 6) is 1.43. The maximum absolute atomic E-state index is 10.2. The fourth-order valence-corrected chi connectivity index (χ4v) is 4.08. The lowest BCUT2D eigenvalue weighted by Gasteiger charge is -2.50. The molecule has 1 spiro atoms. The number of phenolic OH excluding ortho intramolecular Hbond substituents is 1. The van der Waals surface area contributed by atoms with Crippen LogP contribution in [0.5, 0.6) is 11.5 Å². The molecule has 2 N–H and O–H groups in total. The van der Waals surface area contributed by atoms with Gasteiger partial charge in [0.1, 0.15) is 17.3 Å². The van der Waals surface area contributed by atoms with Gasteiger partial charge in [0, 0.05) is 12.2 Å². The summed E-state index contributed by atoms with van der Waals surface area (Å²) in [6.45, 7) is 4.99. The molecule has 0 radical (unpaired) electrons. The van der Waals surface area contributed by atoms with Crippen molar-refractivity contribution in [2.75, 3.05) is 11.4 Å². The largest absolute Gasteiger partial charge is 0.508 e. The quantitative estimate of drug-likeness (QED) is 0.836. The highest BCUT2D eigenvalue weighted by Crippen LogP contribution is 2.52. The van der Waals surface area contributed by atoms with Crippen molar-refractivity contribution >= 4 is 11.5 Å². The molecule has 1 aromatic carbocycles. The van der Waals surface area contributed by atoms with E-state index < -0.39 is 0 Å². The van der Waals surface area contributed by atoms with Gasteiger partial charge in [-0.05, 0) is 73.4 Å². The van der Waals surface area contributed by atoms with Crippen LogP contribution in [0.15, 0.2) is 24.4 Å². The first-order valence-corrected chi connectivity index (χ1v) is 8.24.